The number of benzene rings is 2. The van der Waals surface area contributed by atoms with Crippen molar-refractivity contribution in [1.29, 1.82) is 0 Å². The lowest BCUT2D eigenvalue weighted by Crippen LogP contribution is -2.39. The number of hydrogen-bond donors (Lipinski definition) is 0. The maximum Gasteiger partial charge on any atom is 0.338 e. The van der Waals surface area contributed by atoms with E-state index in [0.717, 1.165) is 18.5 Å². The highest BCUT2D eigenvalue weighted by Gasteiger charge is 2.34. The van der Waals surface area contributed by atoms with Gasteiger partial charge in [0.2, 0.25) is 6.79 Å². The van der Waals surface area contributed by atoms with E-state index in [2.05, 4.69) is 50.2 Å². The third-order valence-corrected chi connectivity index (χ3v) is 8.49. The van der Waals surface area contributed by atoms with Crippen LogP contribution >= 0.6 is 56.5 Å². The van der Waals surface area contributed by atoms with Crippen LogP contribution in [-0.4, -0.2) is 30.0 Å². The van der Waals surface area contributed by atoms with Gasteiger partial charge in [-0.15, -0.1) is 0 Å². The van der Waals surface area contributed by atoms with Crippen molar-refractivity contribution < 1.29 is 23.7 Å². The normalized spacial score (nSPS) is 16.5. The molecule has 1 aromatic heterocycles. The van der Waals surface area contributed by atoms with Crippen LogP contribution in [0.4, 0.5) is 0 Å². The number of hydrogen-bond acceptors (Lipinski definition) is 8. The monoisotopic (exact) mass is 758 g/mol. The Balaban J connectivity index is 1.67. The highest BCUT2D eigenvalue weighted by molar-refractivity contribution is 14.1. The van der Waals surface area contributed by atoms with E-state index in [1.165, 1.54) is 11.3 Å². The van der Waals surface area contributed by atoms with Crippen molar-refractivity contribution in [2.75, 3.05) is 13.4 Å². The topological polar surface area (TPSA) is 88.4 Å². The van der Waals surface area contributed by atoms with Crippen LogP contribution in [0.1, 0.15) is 44.9 Å². The minimum atomic E-state index is -0.718. The maximum atomic E-state index is 13.9. The van der Waals surface area contributed by atoms with Gasteiger partial charge in [0.25, 0.3) is 5.56 Å². The summed E-state index contributed by atoms with van der Waals surface area (Å²) in [5.41, 5.74) is 2.18. The van der Waals surface area contributed by atoms with Gasteiger partial charge in [-0.3, -0.25) is 9.36 Å². The zero-order chi connectivity index (χ0) is 27.1. The number of nitrogens with zero attached hydrogens (tertiary/aromatic N) is 2. The lowest BCUT2D eigenvalue weighted by molar-refractivity contribution is -0.139. The number of aromatic nitrogens is 1. The van der Waals surface area contributed by atoms with E-state index in [0.29, 0.717) is 37.7 Å². The number of fused-ring (bicyclic) bond motifs is 2. The minimum absolute atomic E-state index is 0.0552. The van der Waals surface area contributed by atoms with E-state index in [4.69, 9.17) is 18.9 Å². The van der Waals surface area contributed by atoms with Crippen LogP contribution in [0.25, 0.3) is 6.08 Å². The molecule has 0 amide bonds. The SMILES string of the molecule is CCOC(=O)C1=C(C)N=c2s/c(=C\c3cc(I)c(OC(C)C)c(I)c3)c(=O)n2[C@H]1c1ccc2c(c1)OCO2. The summed E-state index contributed by atoms with van der Waals surface area (Å²) in [6.45, 7) is 7.83. The van der Waals surface area contributed by atoms with Gasteiger partial charge in [0.1, 0.15) is 5.75 Å². The quantitative estimate of drug-likeness (QED) is 0.272. The fraction of sp³-hybridized carbons (Fsp3) is 0.296. The lowest BCUT2D eigenvalue weighted by atomic mass is 9.95. The lowest BCUT2D eigenvalue weighted by Gasteiger charge is -2.24. The summed E-state index contributed by atoms with van der Waals surface area (Å²) < 4.78 is 26.4. The Morgan fingerprint density at radius 2 is 1.92 bits per heavy atom. The molecule has 5 rings (SSSR count). The average Bonchev–Trinajstić information content (AvgIpc) is 3.44. The Hall–Kier alpha value is -2.39. The van der Waals surface area contributed by atoms with E-state index in [1.54, 1.807) is 30.5 Å². The van der Waals surface area contributed by atoms with Gasteiger partial charge in [-0.25, -0.2) is 9.79 Å². The number of carbonyl (C=O) groups excluding carboxylic acids is 1. The van der Waals surface area contributed by atoms with Gasteiger partial charge < -0.3 is 18.9 Å². The maximum absolute atomic E-state index is 13.9. The zero-order valence-electron chi connectivity index (χ0n) is 21.0. The molecule has 38 heavy (non-hydrogen) atoms. The molecule has 2 aliphatic heterocycles. The fourth-order valence-electron chi connectivity index (χ4n) is 4.35. The van der Waals surface area contributed by atoms with Gasteiger partial charge in [-0.2, -0.15) is 0 Å². The molecule has 3 aromatic rings. The molecule has 3 heterocycles. The van der Waals surface area contributed by atoms with Crippen molar-refractivity contribution in [3.63, 3.8) is 0 Å². The van der Waals surface area contributed by atoms with Gasteiger partial charge in [-0.1, -0.05) is 17.4 Å². The predicted octanol–water partition coefficient (Wildman–Crippen LogP) is 4.52. The molecule has 8 nitrogen and oxygen atoms in total. The molecule has 11 heteroatoms. The summed E-state index contributed by atoms with van der Waals surface area (Å²) >= 11 is 5.79. The second kappa shape index (κ2) is 11.0. The summed E-state index contributed by atoms with van der Waals surface area (Å²) in [5, 5.41) is 0. The fourth-order valence-corrected chi connectivity index (χ4v) is 7.47. The molecular formula is C27H24I2N2O6S. The Morgan fingerprint density at radius 3 is 2.61 bits per heavy atom. The summed E-state index contributed by atoms with van der Waals surface area (Å²) in [5.74, 6) is 1.51. The number of esters is 1. The number of rotatable bonds is 6. The van der Waals surface area contributed by atoms with E-state index in [-0.39, 0.29) is 25.1 Å². The number of halogens is 2. The number of thiazole rings is 1. The molecule has 0 unspecified atom stereocenters. The molecule has 0 bridgehead atoms. The van der Waals surface area contributed by atoms with Crippen LogP contribution in [0.2, 0.25) is 0 Å². The minimum Gasteiger partial charge on any atom is -0.489 e. The molecule has 0 N–H and O–H groups in total. The van der Waals surface area contributed by atoms with Crippen LogP contribution in [0.3, 0.4) is 0 Å². The Kier molecular flexibility index (Phi) is 7.87. The first-order chi connectivity index (χ1) is 18.2. The van der Waals surface area contributed by atoms with Crippen molar-refractivity contribution >= 4 is 68.6 Å². The van der Waals surface area contributed by atoms with Crippen molar-refractivity contribution in [2.24, 2.45) is 4.99 Å². The summed E-state index contributed by atoms with van der Waals surface area (Å²) in [6, 6.07) is 8.69. The molecule has 0 aliphatic carbocycles. The molecule has 1 atom stereocenters. The van der Waals surface area contributed by atoms with E-state index in [1.807, 2.05) is 38.1 Å². The largest absolute Gasteiger partial charge is 0.489 e. The van der Waals surface area contributed by atoms with Gasteiger partial charge >= 0.3 is 5.97 Å². The number of carbonyl (C=O) groups is 1. The molecule has 0 radical (unpaired) electrons. The van der Waals surface area contributed by atoms with Crippen LogP contribution in [0, 0.1) is 7.14 Å². The molecule has 0 saturated carbocycles. The average molecular weight is 758 g/mol. The molecule has 0 saturated heterocycles. The first-order valence-corrected chi connectivity index (χ1v) is 14.9. The van der Waals surface area contributed by atoms with Crippen LogP contribution in [-0.2, 0) is 9.53 Å². The Morgan fingerprint density at radius 1 is 1.21 bits per heavy atom. The summed E-state index contributed by atoms with van der Waals surface area (Å²) in [6.07, 6.45) is 1.91. The smallest absolute Gasteiger partial charge is 0.338 e. The molecular weight excluding hydrogens is 734 g/mol. The first-order valence-electron chi connectivity index (χ1n) is 11.9. The third-order valence-electron chi connectivity index (χ3n) is 5.90. The van der Waals surface area contributed by atoms with E-state index < -0.39 is 12.0 Å². The van der Waals surface area contributed by atoms with Crippen LogP contribution in [0.15, 0.2) is 51.4 Å². The second-order valence-corrected chi connectivity index (χ2v) is 12.2. The van der Waals surface area contributed by atoms with E-state index >= 15 is 0 Å². The van der Waals surface area contributed by atoms with Gasteiger partial charge in [-0.05, 0) is 114 Å². The Bertz CT molecular complexity index is 1630. The summed E-state index contributed by atoms with van der Waals surface area (Å²) in [4.78, 5) is 32.1. The van der Waals surface area contributed by atoms with Crippen molar-refractivity contribution in [1.82, 2.24) is 4.57 Å². The van der Waals surface area contributed by atoms with Gasteiger partial charge in [0.15, 0.2) is 16.3 Å². The summed E-state index contributed by atoms with van der Waals surface area (Å²) in [7, 11) is 0. The van der Waals surface area contributed by atoms with Crippen molar-refractivity contribution in [2.45, 2.75) is 39.8 Å². The number of allylic oxidation sites excluding steroid dienone is 1. The molecule has 2 aromatic carbocycles. The molecule has 2 aliphatic rings. The van der Waals surface area contributed by atoms with Gasteiger partial charge in [0.05, 0.1) is 41.7 Å². The molecule has 0 fully saturated rings. The van der Waals surface area contributed by atoms with E-state index in [9.17, 15) is 9.59 Å². The van der Waals surface area contributed by atoms with Gasteiger partial charge in [0, 0.05) is 0 Å². The van der Waals surface area contributed by atoms with Crippen LogP contribution < -0.4 is 29.1 Å². The second-order valence-electron chi connectivity index (χ2n) is 8.90. The van der Waals surface area contributed by atoms with Crippen molar-refractivity contribution in [3.8, 4) is 17.2 Å². The highest BCUT2D eigenvalue weighted by Crippen LogP contribution is 2.38. The Labute approximate surface area is 250 Å². The third kappa shape index (κ3) is 5.11. The molecule has 198 valence electrons. The van der Waals surface area contributed by atoms with Crippen LogP contribution in [0.5, 0.6) is 17.2 Å². The number of ether oxygens (including phenoxy) is 4. The molecule has 0 spiro atoms. The predicted molar refractivity (Wildman–Crippen MR) is 161 cm³/mol. The highest BCUT2D eigenvalue weighted by atomic mass is 127. The first kappa shape index (κ1) is 27.2. The zero-order valence-corrected chi connectivity index (χ0v) is 26.2. The van der Waals surface area contributed by atoms with Crippen molar-refractivity contribution in [3.05, 3.63) is 79.6 Å². The standard InChI is InChI=1S/C27H24I2N2O6S/c1-5-34-26(33)22-14(4)30-27-31(23(22)16-6-7-19-20(11-16)36-12-35-19)25(32)21(38-27)10-15-8-17(28)24(18(29)9-15)37-13(2)3/h6-11,13,23H,5,12H2,1-4H3/b21-10-/t23-/m0/s1.